The van der Waals surface area contributed by atoms with Crippen LogP contribution in [0, 0.1) is 17.1 Å². The number of carbonyl (C=O) groups excluding carboxylic acids is 1. The maximum Gasteiger partial charge on any atom is 0.267 e. The normalized spacial score (nSPS) is 15.7. The van der Waals surface area contributed by atoms with Crippen LogP contribution in [0.1, 0.15) is 22.8 Å². The second kappa shape index (κ2) is 7.61. The van der Waals surface area contributed by atoms with E-state index in [1.54, 1.807) is 25.1 Å². The molecule has 0 saturated heterocycles. The molecular formula is C21H15ClFN5O2. The van der Waals surface area contributed by atoms with Gasteiger partial charge in [-0.25, -0.2) is 14.4 Å². The summed E-state index contributed by atoms with van der Waals surface area (Å²) in [4.78, 5) is 22.3. The third-order valence-corrected chi connectivity index (χ3v) is 5.02. The maximum atomic E-state index is 15.0. The molecule has 9 heteroatoms. The molecule has 0 bridgehead atoms. The van der Waals surface area contributed by atoms with Gasteiger partial charge in [-0.2, -0.15) is 5.26 Å². The lowest BCUT2D eigenvalue weighted by atomic mass is 10.0. The third kappa shape index (κ3) is 3.40. The lowest BCUT2D eigenvalue weighted by molar-refractivity contribution is 0.0988. The summed E-state index contributed by atoms with van der Waals surface area (Å²) in [6, 6.07) is 11.0. The molecule has 2 aromatic carbocycles. The topological polar surface area (TPSA) is 105 Å². The smallest absolute Gasteiger partial charge is 0.267 e. The van der Waals surface area contributed by atoms with E-state index in [9.17, 15) is 4.79 Å². The molecule has 2 heterocycles. The minimum Gasteiger partial charge on any atom is -0.472 e. The van der Waals surface area contributed by atoms with E-state index >= 15 is 4.39 Å². The van der Waals surface area contributed by atoms with Crippen molar-refractivity contribution in [2.75, 3.05) is 17.2 Å². The van der Waals surface area contributed by atoms with Gasteiger partial charge in [-0.15, -0.1) is 0 Å². The summed E-state index contributed by atoms with van der Waals surface area (Å²) in [5.74, 6) is -0.951. The summed E-state index contributed by atoms with van der Waals surface area (Å²) in [7, 11) is 0. The molecule has 1 atom stereocenters. The first-order chi connectivity index (χ1) is 14.4. The fraction of sp³-hybridized carbons (Fsp3) is 0.143. The maximum absolute atomic E-state index is 15.0. The van der Waals surface area contributed by atoms with Crippen molar-refractivity contribution in [3.8, 4) is 23.1 Å². The number of benzene rings is 2. The van der Waals surface area contributed by atoms with Crippen LogP contribution < -0.4 is 15.4 Å². The van der Waals surface area contributed by atoms with Crippen molar-refractivity contribution < 1.29 is 13.9 Å². The fourth-order valence-corrected chi connectivity index (χ4v) is 3.57. The molecule has 1 amide bonds. The Morgan fingerprint density at radius 3 is 2.73 bits per heavy atom. The molecule has 3 aromatic rings. The van der Waals surface area contributed by atoms with Crippen molar-refractivity contribution >= 4 is 29.0 Å². The van der Waals surface area contributed by atoms with Gasteiger partial charge in [-0.05, 0) is 37.3 Å². The molecule has 0 spiro atoms. The number of carbonyl (C=O) groups is 1. The van der Waals surface area contributed by atoms with Crippen LogP contribution in [0.25, 0.3) is 11.1 Å². The standard InChI is InChI=1S/C21H15ClFN5O2/c1-11-9-28(21(29)18-19(25)26-10-27-20(18)30-11)13-3-5-15(17(23)7-13)14-4-2-12(8-24)6-16(14)22/h2-7,10-11H,9H2,1H3,(H2,25,26,27)/t11-/m1/s1. The molecule has 0 saturated carbocycles. The lowest BCUT2D eigenvalue weighted by Gasteiger charge is -2.23. The van der Waals surface area contributed by atoms with Gasteiger partial charge in [0.15, 0.2) is 0 Å². The number of ether oxygens (including phenoxy) is 1. The molecule has 0 unspecified atom stereocenters. The van der Waals surface area contributed by atoms with Crippen LogP contribution in [-0.4, -0.2) is 28.5 Å². The third-order valence-electron chi connectivity index (χ3n) is 4.71. The van der Waals surface area contributed by atoms with Gasteiger partial charge in [-0.1, -0.05) is 17.7 Å². The highest BCUT2D eigenvalue weighted by molar-refractivity contribution is 6.33. The summed E-state index contributed by atoms with van der Waals surface area (Å²) in [6.45, 7) is 1.94. The number of rotatable bonds is 2. The van der Waals surface area contributed by atoms with Crippen molar-refractivity contribution in [3.05, 3.63) is 64.7 Å². The first kappa shape index (κ1) is 19.6. The number of halogens is 2. The number of anilines is 2. The number of hydrogen-bond donors (Lipinski definition) is 1. The van der Waals surface area contributed by atoms with Gasteiger partial charge in [0.25, 0.3) is 5.91 Å². The minimum atomic E-state index is -0.567. The lowest BCUT2D eigenvalue weighted by Crippen LogP contribution is -2.36. The van der Waals surface area contributed by atoms with Crippen LogP contribution in [0.15, 0.2) is 42.7 Å². The summed E-state index contributed by atoms with van der Waals surface area (Å²) in [6.07, 6.45) is 0.819. The summed E-state index contributed by atoms with van der Waals surface area (Å²) in [5.41, 5.74) is 7.32. The number of aromatic nitrogens is 2. The van der Waals surface area contributed by atoms with E-state index in [1.807, 2.05) is 6.07 Å². The summed E-state index contributed by atoms with van der Waals surface area (Å²) >= 11 is 6.21. The zero-order valence-corrected chi connectivity index (χ0v) is 16.5. The molecular weight excluding hydrogens is 409 g/mol. The number of nitrogen functional groups attached to an aromatic ring is 1. The monoisotopic (exact) mass is 423 g/mol. The van der Waals surface area contributed by atoms with Gasteiger partial charge in [0.2, 0.25) is 5.88 Å². The zero-order valence-electron chi connectivity index (χ0n) is 15.8. The van der Waals surface area contributed by atoms with Crippen LogP contribution >= 0.6 is 11.6 Å². The average Bonchev–Trinajstić information content (AvgIpc) is 2.84. The molecule has 1 aliphatic rings. The SMILES string of the molecule is C[C@@H]1CN(c2ccc(-c3ccc(C#N)cc3Cl)c(F)c2)C(=O)c2c(N)ncnc2O1. The van der Waals surface area contributed by atoms with Crippen molar-refractivity contribution in [2.45, 2.75) is 13.0 Å². The van der Waals surface area contributed by atoms with Crippen LogP contribution in [0.2, 0.25) is 5.02 Å². The Labute approximate surface area is 176 Å². The molecule has 0 radical (unpaired) electrons. The largest absolute Gasteiger partial charge is 0.472 e. The molecule has 7 nitrogen and oxygen atoms in total. The quantitative estimate of drug-likeness (QED) is 0.671. The van der Waals surface area contributed by atoms with E-state index in [-0.39, 0.29) is 34.4 Å². The van der Waals surface area contributed by atoms with Crippen LogP contribution in [0.5, 0.6) is 5.88 Å². The number of hydrogen-bond acceptors (Lipinski definition) is 6. The first-order valence-electron chi connectivity index (χ1n) is 8.97. The van der Waals surface area contributed by atoms with E-state index in [2.05, 4.69) is 9.97 Å². The van der Waals surface area contributed by atoms with E-state index in [4.69, 9.17) is 27.3 Å². The Morgan fingerprint density at radius 2 is 2.03 bits per heavy atom. The van der Waals surface area contributed by atoms with Crippen LogP contribution in [0.3, 0.4) is 0 Å². The molecule has 0 aliphatic carbocycles. The van der Waals surface area contributed by atoms with Gasteiger partial charge >= 0.3 is 0 Å². The highest BCUT2D eigenvalue weighted by Crippen LogP contribution is 2.34. The number of amides is 1. The van der Waals surface area contributed by atoms with E-state index in [0.29, 0.717) is 16.8 Å². The molecule has 1 aliphatic heterocycles. The molecule has 30 heavy (non-hydrogen) atoms. The predicted octanol–water partition coefficient (Wildman–Crippen LogP) is 3.82. The molecule has 1 aromatic heterocycles. The van der Waals surface area contributed by atoms with E-state index in [1.165, 1.54) is 29.4 Å². The Balaban J connectivity index is 1.75. The van der Waals surface area contributed by atoms with Crippen molar-refractivity contribution in [1.29, 1.82) is 5.26 Å². The Kier molecular flexibility index (Phi) is 4.98. The van der Waals surface area contributed by atoms with E-state index < -0.39 is 17.8 Å². The molecule has 150 valence electrons. The van der Waals surface area contributed by atoms with Gasteiger partial charge in [-0.3, -0.25) is 4.79 Å². The van der Waals surface area contributed by atoms with Crippen molar-refractivity contribution in [3.63, 3.8) is 0 Å². The van der Waals surface area contributed by atoms with Crippen LogP contribution in [0.4, 0.5) is 15.9 Å². The Hall–Kier alpha value is -3.70. The van der Waals surface area contributed by atoms with Gasteiger partial charge in [0.1, 0.15) is 29.6 Å². The molecule has 4 rings (SSSR count). The first-order valence-corrected chi connectivity index (χ1v) is 9.35. The fourth-order valence-electron chi connectivity index (χ4n) is 3.29. The Bertz CT molecular complexity index is 1210. The minimum absolute atomic E-state index is 0.00874. The highest BCUT2D eigenvalue weighted by Gasteiger charge is 2.32. The second-order valence-corrected chi connectivity index (χ2v) is 7.16. The summed E-state index contributed by atoms with van der Waals surface area (Å²) < 4.78 is 20.7. The zero-order chi connectivity index (χ0) is 21.4. The average molecular weight is 424 g/mol. The number of nitrogens with zero attached hydrogens (tertiary/aromatic N) is 4. The number of nitriles is 1. The van der Waals surface area contributed by atoms with Crippen molar-refractivity contribution in [2.24, 2.45) is 0 Å². The van der Waals surface area contributed by atoms with E-state index in [0.717, 1.165) is 0 Å². The van der Waals surface area contributed by atoms with Gasteiger partial charge in [0.05, 0.1) is 18.2 Å². The highest BCUT2D eigenvalue weighted by atomic mass is 35.5. The van der Waals surface area contributed by atoms with Crippen LogP contribution in [-0.2, 0) is 0 Å². The molecule has 0 fully saturated rings. The summed E-state index contributed by atoms with van der Waals surface area (Å²) in [5, 5.41) is 9.23. The number of fused-ring (bicyclic) bond motifs is 1. The number of nitrogens with two attached hydrogens (primary N) is 1. The van der Waals surface area contributed by atoms with Gasteiger partial charge in [0, 0.05) is 21.8 Å². The van der Waals surface area contributed by atoms with Crippen molar-refractivity contribution in [1.82, 2.24) is 9.97 Å². The Morgan fingerprint density at radius 1 is 1.27 bits per heavy atom. The molecule has 2 N–H and O–H groups in total. The van der Waals surface area contributed by atoms with Gasteiger partial charge < -0.3 is 15.4 Å². The second-order valence-electron chi connectivity index (χ2n) is 6.75. The predicted molar refractivity (Wildman–Crippen MR) is 110 cm³/mol.